The van der Waals surface area contributed by atoms with Crippen molar-refractivity contribution in [3.63, 3.8) is 0 Å². The van der Waals surface area contributed by atoms with Gasteiger partial charge in [0.25, 0.3) is 0 Å². The minimum atomic E-state index is 0.572. The molecule has 0 bridgehead atoms. The number of benzene rings is 1. The molecule has 1 aliphatic carbocycles. The topological polar surface area (TPSA) is 50.8 Å². The minimum absolute atomic E-state index is 0.572. The molecule has 1 fully saturated rings. The predicted octanol–water partition coefficient (Wildman–Crippen LogP) is 4.32. The third-order valence-corrected chi connectivity index (χ3v) is 4.74. The zero-order valence-electron chi connectivity index (χ0n) is 13.9. The Labute approximate surface area is 137 Å². The highest BCUT2D eigenvalue weighted by atomic mass is 16.5. The van der Waals surface area contributed by atoms with Crippen LogP contribution in [0.2, 0.25) is 0 Å². The molecule has 1 aromatic carbocycles. The maximum Gasteiger partial charge on any atom is 0.139 e. The number of methoxy groups -OCH3 is 1. The SMILES string of the molecule is COc1c(C)cc(-c2cnn(CC3CCCCC3)c2)cc1C#N. The molecular weight excluding hydrogens is 286 g/mol. The molecule has 120 valence electrons. The van der Waals surface area contributed by atoms with E-state index in [2.05, 4.69) is 28.1 Å². The summed E-state index contributed by atoms with van der Waals surface area (Å²) in [7, 11) is 1.60. The van der Waals surface area contributed by atoms with Gasteiger partial charge in [0.05, 0.1) is 18.9 Å². The monoisotopic (exact) mass is 309 g/mol. The van der Waals surface area contributed by atoms with Gasteiger partial charge in [0.2, 0.25) is 0 Å². The van der Waals surface area contributed by atoms with Crippen LogP contribution in [0.4, 0.5) is 0 Å². The van der Waals surface area contributed by atoms with Gasteiger partial charge >= 0.3 is 0 Å². The molecule has 1 heterocycles. The molecule has 23 heavy (non-hydrogen) atoms. The van der Waals surface area contributed by atoms with E-state index in [1.165, 1.54) is 32.1 Å². The summed E-state index contributed by atoms with van der Waals surface area (Å²) < 4.78 is 7.37. The summed E-state index contributed by atoms with van der Waals surface area (Å²) in [5.74, 6) is 1.41. The molecule has 0 N–H and O–H groups in total. The summed E-state index contributed by atoms with van der Waals surface area (Å²) in [6.07, 6.45) is 10.7. The predicted molar refractivity (Wildman–Crippen MR) is 90.2 cm³/mol. The van der Waals surface area contributed by atoms with E-state index in [0.29, 0.717) is 11.3 Å². The van der Waals surface area contributed by atoms with Crippen LogP contribution >= 0.6 is 0 Å². The van der Waals surface area contributed by atoms with Crippen LogP contribution < -0.4 is 4.74 Å². The molecule has 1 aliphatic rings. The molecule has 4 heteroatoms. The zero-order chi connectivity index (χ0) is 16.2. The second-order valence-corrected chi connectivity index (χ2v) is 6.44. The van der Waals surface area contributed by atoms with Crippen LogP contribution in [0.5, 0.6) is 5.75 Å². The smallest absolute Gasteiger partial charge is 0.139 e. The molecule has 1 saturated carbocycles. The van der Waals surface area contributed by atoms with Gasteiger partial charge in [-0.1, -0.05) is 19.3 Å². The summed E-state index contributed by atoms with van der Waals surface area (Å²) in [5.41, 5.74) is 3.63. The van der Waals surface area contributed by atoms with Crippen LogP contribution in [0.1, 0.15) is 43.2 Å². The highest BCUT2D eigenvalue weighted by Gasteiger charge is 2.15. The summed E-state index contributed by atoms with van der Waals surface area (Å²) in [6.45, 7) is 2.97. The van der Waals surface area contributed by atoms with Gasteiger partial charge in [-0.3, -0.25) is 4.68 Å². The molecule has 0 aliphatic heterocycles. The van der Waals surface area contributed by atoms with Crippen LogP contribution in [0.3, 0.4) is 0 Å². The van der Waals surface area contributed by atoms with Gasteiger partial charge in [-0.05, 0) is 48.9 Å². The Kier molecular flexibility index (Phi) is 4.66. The van der Waals surface area contributed by atoms with Crippen LogP contribution in [-0.4, -0.2) is 16.9 Å². The van der Waals surface area contributed by atoms with Gasteiger partial charge in [-0.25, -0.2) is 0 Å². The summed E-state index contributed by atoms with van der Waals surface area (Å²) in [5, 5.41) is 13.8. The Morgan fingerprint density at radius 3 is 2.74 bits per heavy atom. The Morgan fingerprint density at radius 2 is 2.04 bits per heavy atom. The van der Waals surface area contributed by atoms with E-state index in [4.69, 9.17) is 4.74 Å². The molecule has 1 aromatic heterocycles. The van der Waals surface area contributed by atoms with Crippen molar-refractivity contribution in [2.24, 2.45) is 5.92 Å². The summed E-state index contributed by atoms with van der Waals surface area (Å²) >= 11 is 0. The first-order valence-corrected chi connectivity index (χ1v) is 8.33. The van der Waals surface area contributed by atoms with E-state index in [9.17, 15) is 5.26 Å². The lowest BCUT2D eigenvalue weighted by atomic mass is 9.89. The summed E-state index contributed by atoms with van der Waals surface area (Å²) in [4.78, 5) is 0. The van der Waals surface area contributed by atoms with Crippen LogP contribution in [0, 0.1) is 24.2 Å². The fourth-order valence-corrected chi connectivity index (χ4v) is 3.54. The standard InChI is InChI=1S/C19H23N3O/c1-14-8-16(9-17(10-20)19(14)23-2)18-11-21-22(13-18)12-15-6-4-3-5-7-15/h8-9,11,13,15H,3-7,12H2,1-2H3. The van der Waals surface area contributed by atoms with Gasteiger partial charge in [0, 0.05) is 18.3 Å². The van der Waals surface area contributed by atoms with Crippen LogP contribution in [-0.2, 0) is 6.54 Å². The lowest BCUT2D eigenvalue weighted by Gasteiger charge is -2.21. The van der Waals surface area contributed by atoms with Gasteiger partial charge in [-0.15, -0.1) is 0 Å². The van der Waals surface area contributed by atoms with Crippen molar-refractivity contribution in [1.29, 1.82) is 5.26 Å². The van der Waals surface area contributed by atoms with Crippen molar-refractivity contribution in [3.05, 3.63) is 35.7 Å². The van der Waals surface area contributed by atoms with Crippen LogP contribution in [0.25, 0.3) is 11.1 Å². The lowest BCUT2D eigenvalue weighted by molar-refractivity contribution is 0.308. The van der Waals surface area contributed by atoms with Gasteiger partial charge in [0.1, 0.15) is 11.8 Å². The largest absolute Gasteiger partial charge is 0.495 e. The number of hydrogen-bond acceptors (Lipinski definition) is 3. The molecular formula is C19H23N3O. The second kappa shape index (κ2) is 6.87. The van der Waals surface area contributed by atoms with Crippen molar-refractivity contribution in [1.82, 2.24) is 9.78 Å². The average molecular weight is 309 g/mol. The van der Waals surface area contributed by atoms with E-state index in [1.807, 2.05) is 19.2 Å². The van der Waals surface area contributed by atoms with E-state index in [1.54, 1.807) is 7.11 Å². The van der Waals surface area contributed by atoms with Crippen molar-refractivity contribution in [3.8, 4) is 22.9 Å². The quantitative estimate of drug-likeness (QED) is 0.845. The van der Waals surface area contributed by atoms with Crippen molar-refractivity contribution >= 4 is 0 Å². The average Bonchev–Trinajstić information content (AvgIpc) is 3.03. The molecule has 2 aromatic rings. The molecule has 4 nitrogen and oxygen atoms in total. The summed E-state index contributed by atoms with van der Waals surface area (Å²) in [6, 6.07) is 6.16. The molecule has 3 rings (SSSR count). The highest BCUT2D eigenvalue weighted by molar-refractivity contribution is 5.68. The maximum atomic E-state index is 9.32. The number of nitriles is 1. The van der Waals surface area contributed by atoms with Crippen LogP contribution in [0.15, 0.2) is 24.5 Å². The Balaban J connectivity index is 1.82. The number of rotatable bonds is 4. The van der Waals surface area contributed by atoms with Crippen molar-refractivity contribution in [2.75, 3.05) is 7.11 Å². The minimum Gasteiger partial charge on any atom is -0.495 e. The second-order valence-electron chi connectivity index (χ2n) is 6.44. The molecule has 0 spiro atoms. The Bertz CT molecular complexity index is 721. The highest BCUT2D eigenvalue weighted by Crippen LogP contribution is 2.30. The van der Waals surface area contributed by atoms with E-state index < -0.39 is 0 Å². The third-order valence-electron chi connectivity index (χ3n) is 4.74. The number of hydrogen-bond donors (Lipinski definition) is 0. The number of ether oxygens (including phenoxy) is 1. The molecule has 0 unspecified atom stereocenters. The number of aryl methyl sites for hydroxylation is 1. The molecule has 0 atom stereocenters. The first kappa shape index (κ1) is 15.6. The molecule has 0 saturated heterocycles. The molecule has 0 radical (unpaired) electrons. The van der Waals surface area contributed by atoms with E-state index in [0.717, 1.165) is 29.2 Å². The maximum absolute atomic E-state index is 9.32. The number of aromatic nitrogens is 2. The van der Waals surface area contributed by atoms with E-state index >= 15 is 0 Å². The fourth-order valence-electron chi connectivity index (χ4n) is 3.54. The van der Waals surface area contributed by atoms with Crippen molar-refractivity contribution < 1.29 is 4.74 Å². The fraction of sp³-hybridized carbons (Fsp3) is 0.474. The molecule has 0 amide bonds. The Hall–Kier alpha value is -2.28. The first-order valence-electron chi connectivity index (χ1n) is 8.33. The first-order chi connectivity index (χ1) is 11.2. The Morgan fingerprint density at radius 1 is 1.26 bits per heavy atom. The lowest BCUT2D eigenvalue weighted by Crippen LogP contribution is -2.14. The van der Waals surface area contributed by atoms with Gasteiger partial charge in [-0.2, -0.15) is 10.4 Å². The normalized spacial score (nSPS) is 15.3. The van der Waals surface area contributed by atoms with E-state index in [-0.39, 0.29) is 0 Å². The van der Waals surface area contributed by atoms with Gasteiger partial charge in [0.15, 0.2) is 0 Å². The van der Waals surface area contributed by atoms with Crippen molar-refractivity contribution in [2.45, 2.75) is 45.6 Å². The zero-order valence-corrected chi connectivity index (χ0v) is 13.9. The third kappa shape index (κ3) is 3.39. The van der Waals surface area contributed by atoms with Gasteiger partial charge < -0.3 is 4.74 Å². The number of nitrogens with zero attached hydrogens (tertiary/aromatic N) is 3.